The van der Waals surface area contributed by atoms with E-state index >= 15 is 0 Å². The van der Waals surface area contributed by atoms with Gasteiger partial charge in [0.25, 0.3) is 0 Å². The minimum atomic E-state index is -4.41. The van der Waals surface area contributed by atoms with Crippen molar-refractivity contribution in [2.24, 2.45) is 0 Å². The summed E-state index contributed by atoms with van der Waals surface area (Å²) in [5, 5.41) is 12.4. The van der Waals surface area contributed by atoms with E-state index in [0.29, 0.717) is 5.56 Å². The van der Waals surface area contributed by atoms with Crippen molar-refractivity contribution in [3.63, 3.8) is 0 Å². The summed E-state index contributed by atoms with van der Waals surface area (Å²) in [4.78, 5) is 3.89. The van der Waals surface area contributed by atoms with E-state index < -0.39 is 11.7 Å². The summed E-state index contributed by atoms with van der Waals surface area (Å²) in [6, 6.07) is 3.05. The molecule has 0 aliphatic carbocycles. The van der Waals surface area contributed by atoms with E-state index in [-0.39, 0.29) is 12.4 Å². The van der Waals surface area contributed by atoms with Crippen LogP contribution in [0.2, 0.25) is 0 Å². The first-order valence-electron chi connectivity index (χ1n) is 4.69. The van der Waals surface area contributed by atoms with Gasteiger partial charge in [0.15, 0.2) is 5.82 Å². The van der Waals surface area contributed by atoms with Crippen LogP contribution in [0.3, 0.4) is 0 Å². The standard InChI is InChI=1S/C10H8F3N3O/c11-10(12,13)8-4-15-16(5-8)9-2-1-7(6-17)3-14-9/h1-5,17H,6H2. The van der Waals surface area contributed by atoms with Gasteiger partial charge < -0.3 is 5.11 Å². The van der Waals surface area contributed by atoms with Crippen LogP contribution in [0.4, 0.5) is 13.2 Å². The monoisotopic (exact) mass is 243 g/mol. The van der Waals surface area contributed by atoms with Crippen LogP contribution in [-0.2, 0) is 12.8 Å². The van der Waals surface area contributed by atoms with E-state index in [9.17, 15) is 13.2 Å². The van der Waals surface area contributed by atoms with Gasteiger partial charge in [-0.1, -0.05) is 6.07 Å². The van der Waals surface area contributed by atoms with Crippen LogP contribution in [0, 0.1) is 0 Å². The molecule has 0 aromatic carbocycles. The minimum absolute atomic E-state index is 0.166. The molecule has 7 heteroatoms. The largest absolute Gasteiger partial charge is 0.419 e. The number of alkyl halides is 3. The lowest BCUT2D eigenvalue weighted by atomic mass is 10.3. The molecule has 0 aliphatic heterocycles. The molecule has 0 atom stereocenters. The molecule has 17 heavy (non-hydrogen) atoms. The Balaban J connectivity index is 2.30. The van der Waals surface area contributed by atoms with Crippen LogP contribution >= 0.6 is 0 Å². The lowest BCUT2D eigenvalue weighted by Gasteiger charge is -2.02. The van der Waals surface area contributed by atoms with Crippen LogP contribution in [0.25, 0.3) is 5.82 Å². The summed E-state index contributed by atoms with van der Waals surface area (Å²) in [5.41, 5.74) is -0.248. The lowest BCUT2D eigenvalue weighted by Crippen LogP contribution is -2.03. The third-order valence-corrected chi connectivity index (χ3v) is 2.14. The summed E-state index contributed by atoms with van der Waals surface area (Å²) in [6.45, 7) is -0.166. The summed E-state index contributed by atoms with van der Waals surface area (Å²) in [6.07, 6.45) is -1.43. The van der Waals surface area contributed by atoms with Crippen LogP contribution in [-0.4, -0.2) is 19.9 Å². The van der Waals surface area contributed by atoms with Gasteiger partial charge in [-0.2, -0.15) is 18.3 Å². The molecule has 2 aromatic heterocycles. The Morgan fingerprint density at radius 3 is 2.47 bits per heavy atom. The molecule has 0 radical (unpaired) electrons. The highest BCUT2D eigenvalue weighted by Gasteiger charge is 2.32. The van der Waals surface area contributed by atoms with E-state index in [4.69, 9.17) is 5.11 Å². The maximum Gasteiger partial charge on any atom is 0.419 e. The smallest absolute Gasteiger partial charge is 0.392 e. The average molecular weight is 243 g/mol. The molecule has 0 unspecified atom stereocenters. The van der Waals surface area contributed by atoms with E-state index in [1.807, 2.05) is 0 Å². The zero-order valence-corrected chi connectivity index (χ0v) is 8.52. The number of aliphatic hydroxyl groups is 1. The third-order valence-electron chi connectivity index (χ3n) is 2.14. The Kier molecular flexibility index (Phi) is 2.84. The Morgan fingerprint density at radius 1 is 1.24 bits per heavy atom. The quantitative estimate of drug-likeness (QED) is 0.874. The average Bonchev–Trinajstić information content (AvgIpc) is 2.78. The number of halogens is 3. The van der Waals surface area contributed by atoms with Crippen LogP contribution in [0.15, 0.2) is 30.7 Å². The van der Waals surface area contributed by atoms with Gasteiger partial charge in [0.05, 0.1) is 18.4 Å². The summed E-state index contributed by atoms with van der Waals surface area (Å²) in [7, 11) is 0. The number of aliphatic hydroxyl groups excluding tert-OH is 1. The van der Waals surface area contributed by atoms with E-state index in [1.165, 1.54) is 12.3 Å². The second kappa shape index (κ2) is 4.17. The molecular weight excluding hydrogens is 235 g/mol. The fraction of sp³-hybridized carbons (Fsp3) is 0.200. The van der Waals surface area contributed by atoms with E-state index in [0.717, 1.165) is 17.1 Å². The summed E-state index contributed by atoms with van der Waals surface area (Å²) in [5.74, 6) is 0.262. The maximum atomic E-state index is 12.3. The Labute approximate surface area is 94.3 Å². The first kappa shape index (κ1) is 11.6. The van der Waals surface area contributed by atoms with E-state index in [1.54, 1.807) is 6.07 Å². The molecule has 4 nitrogen and oxygen atoms in total. The molecule has 0 fully saturated rings. The summed E-state index contributed by atoms with van der Waals surface area (Å²) >= 11 is 0. The molecule has 90 valence electrons. The highest BCUT2D eigenvalue weighted by atomic mass is 19.4. The lowest BCUT2D eigenvalue weighted by molar-refractivity contribution is -0.137. The molecule has 0 bridgehead atoms. The maximum absolute atomic E-state index is 12.3. The number of hydrogen-bond donors (Lipinski definition) is 1. The highest BCUT2D eigenvalue weighted by molar-refractivity contribution is 5.26. The minimum Gasteiger partial charge on any atom is -0.392 e. The molecule has 2 rings (SSSR count). The number of rotatable bonds is 2. The van der Waals surface area contributed by atoms with Crippen molar-refractivity contribution in [2.75, 3.05) is 0 Å². The van der Waals surface area contributed by atoms with Gasteiger partial charge in [-0.3, -0.25) is 0 Å². The second-order valence-corrected chi connectivity index (χ2v) is 3.35. The predicted octanol–water partition coefficient (Wildman–Crippen LogP) is 1.78. The number of aromatic nitrogens is 3. The van der Waals surface area contributed by atoms with Crippen LogP contribution in [0.1, 0.15) is 11.1 Å². The van der Waals surface area contributed by atoms with Crippen molar-refractivity contribution >= 4 is 0 Å². The van der Waals surface area contributed by atoms with E-state index in [2.05, 4.69) is 10.1 Å². The van der Waals surface area contributed by atoms with Crippen molar-refractivity contribution < 1.29 is 18.3 Å². The Bertz CT molecular complexity index is 504. The fourth-order valence-electron chi connectivity index (χ4n) is 1.24. The zero-order valence-electron chi connectivity index (χ0n) is 8.52. The molecule has 0 aliphatic rings. The van der Waals surface area contributed by atoms with Gasteiger partial charge in [0, 0.05) is 12.4 Å². The first-order chi connectivity index (χ1) is 8.00. The summed E-state index contributed by atoms with van der Waals surface area (Å²) < 4.78 is 38.0. The van der Waals surface area contributed by atoms with Gasteiger partial charge >= 0.3 is 6.18 Å². The fourth-order valence-corrected chi connectivity index (χ4v) is 1.24. The van der Waals surface area contributed by atoms with Gasteiger partial charge in [-0.05, 0) is 11.6 Å². The van der Waals surface area contributed by atoms with Crippen molar-refractivity contribution in [3.8, 4) is 5.82 Å². The third kappa shape index (κ3) is 2.44. The number of hydrogen-bond acceptors (Lipinski definition) is 3. The zero-order chi connectivity index (χ0) is 12.5. The molecule has 1 N–H and O–H groups in total. The van der Waals surface area contributed by atoms with Gasteiger partial charge in [0.2, 0.25) is 0 Å². The number of nitrogens with zero attached hydrogens (tertiary/aromatic N) is 3. The highest BCUT2D eigenvalue weighted by Crippen LogP contribution is 2.28. The second-order valence-electron chi connectivity index (χ2n) is 3.35. The molecule has 2 aromatic rings. The Morgan fingerprint density at radius 2 is 2.00 bits per heavy atom. The molecule has 0 saturated carbocycles. The van der Waals surface area contributed by atoms with Crippen molar-refractivity contribution in [2.45, 2.75) is 12.8 Å². The Hall–Kier alpha value is -1.89. The van der Waals surface area contributed by atoms with Gasteiger partial charge in [0.1, 0.15) is 0 Å². The molecule has 0 amide bonds. The topological polar surface area (TPSA) is 50.9 Å². The van der Waals surface area contributed by atoms with Crippen molar-refractivity contribution in [1.29, 1.82) is 0 Å². The van der Waals surface area contributed by atoms with Crippen molar-refractivity contribution in [3.05, 3.63) is 41.9 Å². The normalized spacial score (nSPS) is 11.8. The predicted molar refractivity (Wildman–Crippen MR) is 52.3 cm³/mol. The molecule has 0 saturated heterocycles. The van der Waals surface area contributed by atoms with Crippen molar-refractivity contribution in [1.82, 2.24) is 14.8 Å². The molecule has 0 spiro atoms. The number of pyridine rings is 1. The van der Waals surface area contributed by atoms with Crippen LogP contribution < -0.4 is 0 Å². The molecule has 2 heterocycles. The SMILES string of the molecule is OCc1ccc(-n2cc(C(F)(F)F)cn2)nc1. The first-order valence-corrected chi connectivity index (χ1v) is 4.69. The van der Waals surface area contributed by atoms with Gasteiger partial charge in [-0.25, -0.2) is 9.67 Å². The molecular formula is C10H8F3N3O. The van der Waals surface area contributed by atoms with Crippen LogP contribution in [0.5, 0.6) is 0 Å². The van der Waals surface area contributed by atoms with Gasteiger partial charge in [-0.15, -0.1) is 0 Å².